The van der Waals surface area contributed by atoms with Crippen molar-refractivity contribution in [3.8, 4) is 5.75 Å². The lowest BCUT2D eigenvalue weighted by Gasteiger charge is -2.24. The largest absolute Gasteiger partial charge is 0.497 e. The minimum atomic E-state index is -0.373. The Morgan fingerprint density at radius 2 is 2.21 bits per heavy atom. The molecule has 0 aliphatic carbocycles. The monoisotopic (exact) mass is 397 g/mol. The number of hydrogen-bond acceptors (Lipinski definition) is 5. The molecule has 5 nitrogen and oxygen atoms in total. The molecule has 0 bridgehead atoms. The average molecular weight is 397 g/mol. The SMILES string of the molecule is COc1ccc2c(C)c(CCC(=O)N3CCC[C@@H]3c3ccsc3)c(=O)oc2c1. The normalized spacial score (nSPS) is 16.6. The van der Waals surface area contributed by atoms with Gasteiger partial charge in [-0.05, 0) is 66.3 Å². The van der Waals surface area contributed by atoms with Gasteiger partial charge in [0.25, 0.3) is 0 Å². The number of carbonyl (C=O) groups is 1. The quantitative estimate of drug-likeness (QED) is 0.596. The van der Waals surface area contributed by atoms with Crippen molar-refractivity contribution in [1.29, 1.82) is 0 Å². The maximum absolute atomic E-state index is 12.9. The Morgan fingerprint density at radius 3 is 2.96 bits per heavy atom. The molecule has 1 aliphatic heterocycles. The highest BCUT2D eigenvalue weighted by Crippen LogP contribution is 2.33. The average Bonchev–Trinajstić information content (AvgIpc) is 3.38. The zero-order chi connectivity index (χ0) is 19.7. The van der Waals surface area contributed by atoms with Crippen LogP contribution in [0.2, 0.25) is 0 Å². The van der Waals surface area contributed by atoms with Gasteiger partial charge in [0.2, 0.25) is 5.91 Å². The highest BCUT2D eigenvalue weighted by atomic mass is 32.1. The molecule has 3 aromatic rings. The first-order valence-electron chi connectivity index (χ1n) is 9.50. The molecular weight excluding hydrogens is 374 g/mol. The molecule has 1 aromatic carbocycles. The summed E-state index contributed by atoms with van der Waals surface area (Å²) in [5, 5.41) is 5.04. The molecule has 1 saturated heterocycles. The molecule has 3 heterocycles. The highest BCUT2D eigenvalue weighted by molar-refractivity contribution is 7.08. The van der Waals surface area contributed by atoms with Crippen molar-refractivity contribution in [1.82, 2.24) is 4.90 Å². The minimum absolute atomic E-state index is 0.0994. The maximum Gasteiger partial charge on any atom is 0.339 e. The smallest absolute Gasteiger partial charge is 0.339 e. The van der Waals surface area contributed by atoms with Crippen LogP contribution >= 0.6 is 11.3 Å². The standard InChI is InChI=1S/C22H23NO4S/c1-14-17-6-5-16(26-2)12-20(17)27-22(25)18(14)7-8-21(24)23-10-3-4-19(23)15-9-11-28-13-15/h5-6,9,11-13,19H,3-4,7-8,10H2,1-2H3/t19-/m1/s1. The molecule has 146 valence electrons. The van der Waals surface area contributed by atoms with Crippen LogP contribution in [0.25, 0.3) is 11.0 Å². The number of aryl methyl sites for hydroxylation is 1. The highest BCUT2D eigenvalue weighted by Gasteiger charge is 2.30. The predicted molar refractivity (Wildman–Crippen MR) is 110 cm³/mol. The Balaban J connectivity index is 1.54. The fraction of sp³-hybridized carbons (Fsp3) is 0.364. The summed E-state index contributed by atoms with van der Waals surface area (Å²) >= 11 is 1.66. The van der Waals surface area contributed by atoms with Crippen LogP contribution in [-0.2, 0) is 11.2 Å². The number of likely N-dealkylation sites (tertiary alicyclic amines) is 1. The van der Waals surface area contributed by atoms with E-state index < -0.39 is 0 Å². The third-order valence-corrected chi connectivity index (χ3v) is 6.29. The van der Waals surface area contributed by atoms with E-state index in [1.54, 1.807) is 24.5 Å². The first-order valence-corrected chi connectivity index (χ1v) is 10.4. The van der Waals surface area contributed by atoms with E-state index in [1.807, 2.05) is 24.0 Å². The number of ether oxygens (including phenoxy) is 1. The van der Waals surface area contributed by atoms with E-state index in [9.17, 15) is 9.59 Å². The second-order valence-corrected chi connectivity index (χ2v) is 7.94. The third kappa shape index (κ3) is 3.44. The van der Waals surface area contributed by atoms with E-state index in [0.717, 1.165) is 30.3 Å². The van der Waals surface area contributed by atoms with Crippen LogP contribution in [0.15, 0.2) is 44.2 Å². The third-order valence-electron chi connectivity index (χ3n) is 5.58. The lowest BCUT2D eigenvalue weighted by Crippen LogP contribution is -2.31. The zero-order valence-electron chi connectivity index (χ0n) is 16.1. The summed E-state index contributed by atoms with van der Waals surface area (Å²) in [6.45, 7) is 2.69. The Morgan fingerprint density at radius 1 is 1.36 bits per heavy atom. The second kappa shape index (κ2) is 7.80. The molecule has 1 amide bonds. The number of fused-ring (bicyclic) bond motifs is 1. The van der Waals surface area contributed by atoms with Crippen LogP contribution in [0.4, 0.5) is 0 Å². The van der Waals surface area contributed by atoms with E-state index >= 15 is 0 Å². The predicted octanol–water partition coefficient (Wildman–Crippen LogP) is 4.47. The van der Waals surface area contributed by atoms with Crippen molar-refractivity contribution >= 4 is 28.2 Å². The van der Waals surface area contributed by atoms with Crippen molar-refractivity contribution in [2.45, 2.75) is 38.6 Å². The Labute approximate surface area is 167 Å². The molecule has 1 fully saturated rings. The molecule has 2 aromatic heterocycles. The lowest BCUT2D eigenvalue weighted by molar-refractivity contribution is -0.132. The summed E-state index contributed by atoms with van der Waals surface area (Å²) in [6, 6.07) is 7.72. The first-order chi connectivity index (χ1) is 13.6. The van der Waals surface area contributed by atoms with Crippen molar-refractivity contribution < 1.29 is 13.9 Å². The molecule has 1 aliphatic rings. The molecule has 28 heavy (non-hydrogen) atoms. The van der Waals surface area contributed by atoms with Gasteiger partial charge >= 0.3 is 5.63 Å². The molecule has 0 N–H and O–H groups in total. The van der Waals surface area contributed by atoms with Gasteiger partial charge in [-0.15, -0.1) is 0 Å². The number of amides is 1. The molecule has 0 spiro atoms. The summed E-state index contributed by atoms with van der Waals surface area (Å²) in [5.41, 5.74) is 2.80. The van der Waals surface area contributed by atoms with Gasteiger partial charge in [-0.25, -0.2) is 4.79 Å². The molecule has 1 atom stereocenters. The van der Waals surface area contributed by atoms with Crippen LogP contribution in [0, 0.1) is 6.92 Å². The molecule has 6 heteroatoms. The van der Waals surface area contributed by atoms with Crippen molar-refractivity contribution in [2.75, 3.05) is 13.7 Å². The van der Waals surface area contributed by atoms with Crippen LogP contribution in [0.5, 0.6) is 5.75 Å². The number of methoxy groups -OCH3 is 1. The fourth-order valence-electron chi connectivity index (χ4n) is 4.04. The van der Waals surface area contributed by atoms with Gasteiger partial charge in [-0.1, -0.05) is 0 Å². The molecule has 0 radical (unpaired) electrons. The van der Waals surface area contributed by atoms with E-state index in [-0.39, 0.29) is 17.6 Å². The minimum Gasteiger partial charge on any atom is -0.497 e. The number of thiophene rings is 1. The zero-order valence-corrected chi connectivity index (χ0v) is 16.9. The molecule has 0 unspecified atom stereocenters. The summed E-state index contributed by atoms with van der Waals surface area (Å²) in [4.78, 5) is 27.3. The Bertz CT molecular complexity index is 1050. The number of hydrogen-bond donors (Lipinski definition) is 0. The van der Waals surface area contributed by atoms with Gasteiger partial charge in [0, 0.05) is 30.0 Å². The molecular formula is C22H23NO4S. The summed E-state index contributed by atoms with van der Waals surface area (Å²) in [7, 11) is 1.58. The maximum atomic E-state index is 12.9. The van der Waals surface area contributed by atoms with Crippen LogP contribution in [-0.4, -0.2) is 24.5 Å². The van der Waals surface area contributed by atoms with Crippen LogP contribution in [0.1, 0.15) is 42.0 Å². The molecule has 0 saturated carbocycles. The van der Waals surface area contributed by atoms with Gasteiger partial charge in [-0.2, -0.15) is 11.3 Å². The van der Waals surface area contributed by atoms with E-state index in [4.69, 9.17) is 9.15 Å². The summed E-state index contributed by atoms with van der Waals surface area (Å²) in [6.07, 6.45) is 2.72. The number of nitrogens with zero attached hydrogens (tertiary/aromatic N) is 1. The van der Waals surface area contributed by atoms with Crippen molar-refractivity contribution in [2.24, 2.45) is 0 Å². The van der Waals surface area contributed by atoms with Gasteiger partial charge < -0.3 is 14.1 Å². The van der Waals surface area contributed by atoms with Gasteiger partial charge in [-0.3, -0.25) is 4.79 Å². The number of benzene rings is 1. The second-order valence-electron chi connectivity index (χ2n) is 7.16. The number of rotatable bonds is 5. The fourth-order valence-corrected chi connectivity index (χ4v) is 4.75. The van der Waals surface area contributed by atoms with Crippen molar-refractivity contribution in [3.05, 3.63) is 62.1 Å². The Hall–Kier alpha value is -2.60. The van der Waals surface area contributed by atoms with Crippen molar-refractivity contribution in [3.63, 3.8) is 0 Å². The lowest BCUT2D eigenvalue weighted by atomic mass is 10.0. The first kappa shape index (κ1) is 18.7. The van der Waals surface area contributed by atoms with Gasteiger partial charge in [0.15, 0.2) is 0 Å². The van der Waals surface area contributed by atoms with E-state index in [0.29, 0.717) is 29.7 Å². The van der Waals surface area contributed by atoms with Crippen LogP contribution < -0.4 is 10.4 Å². The van der Waals surface area contributed by atoms with Gasteiger partial charge in [0.05, 0.1) is 13.2 Å². The van der Waals surface area contributed by atoms with Crippen LogP contribution in [0.3, 0.4) is 0 Å². The van der Waals surface area contributed by atoms with E-state index in [2.05, 4.69) is 16.8 Å². The number of carbonyl (C=O) groups excluding carboxylic acids is 1. The summed E-state index contributed by atoms with van der Waals surface area (Å²) in [5.74, 6) is 0.744. The Kier molecular flexibility index (Phi) is 5.22. The van der Waals surface area contributed by atoms with E-state index in [1.165, 1.54) is 5.56 Å². The topological polar surface area (TPSA) is 59.8 Å². The summed E-state index contributed by atoms with van der Waals surface area (Å²) < 4.78 is 10.7. The molecule has 4 rings (SSSR count). The van der Waals surface area contributed by atoms with Gasteiger partial charge in [0.1, 0.15) is 11.3 Å².